The maximum atomic E-state index is 3.48. The minimum absolute atomic E-state index is 0.466. The molecule has 2 nitrogen and oxygen atoms in total. The first-order chi connectivity index (χ1) is 7.72. The molecule has 1 aromatic rings. The fourth-order valence-corrected chi connectivity index (χ4v) is 2.26. The van der Waals surface area contributed by atoms with Crippen molar-refractivity contribution in [2.45, 2.75) is 19.9 Å². The number of hydrogen-bond acceptors (Lipinski definition) is 2. The molecule has 1 atom stereocenters. The van der Waals surface area contributed by atoms with E-state index in [2.05, 4.69) is 64.3 Å². The molecule has 1 N–H and O–H groups in total. The Morgan fingerprint density at radius 1 is 1.19 bits per heavy atom. The number of rotatable bonds is 6. The highest BCUT2D eigenvalue weighted by molar-refractivity contribution is 9.10. The number of benzene rings is 1. The first kappa shape index (κ1) is 13.7. The smallest absolute Gasteiger partial charge is 0.0472 e. The van der Waals surface area contributed by atoms with Gasteiger partial charge in [0, 0.05) is 17.1 Å². The van der Waals surface area contributed by atoms with E-state index in [0.29, 0.717) is 6.04 Å². The van der Waals surface area contributed by atoms with E-state index >= 15 is 0 Å². The number of nitrogens with one attached hydrogen (secondary N) is 1. The van der Waals surface area contributed by atoms with Gasteiger partial charge >= 0.3 is 0 Å². The summed E-state index contributed by atoms with van der Waals surface area (Å²) in [5.41, 5.74) is 1.38. The fraction of sp³-hybridized carbons (Fsp3) is 0.538. The molecule has 3 heteroatoms. The van der Waals surface area contributed by atoms with Crippen molar-refractivity contribution in [3.05, 3.63) is 34.3 Å². The van der Waals surface area contributed by atoms with Crippen LogP contribution in [0.15, 0.2) is 28.7 Å². The lowest BCUT2D eigenvalue weighted by Gasteiger charge is -2.30. The predicted molar refractivity (Wildman–Crippen MR) is 73.7 cm³/mol. The summed E-state index contributed by atoms with van der Waals surface area (Å²) in [7, 11) is 2.01. The van der Waals surface area contributed by atoms with Crippen LogP contribution in [-0.2, 0) is 0 Å². The number of likely N-dealkylation sites (N-methyl/N-ethyl adjacent to an activating group) is 2. The van der Waals surface area contributed by atoms with Gasteiger partial charge in [0.15, 0.2) is 0 Å². The molecule has 0 radical (unpaired) electrons. The minimum atomic E-state index is 0.466. The summed E-state index contributed by atoms with van der Waals surface area (Å²) in [5, 5.41) is 3.28. The van der Waals surface area contributed by atoms with Gasteiger partial charge in [-0.15, -0.1) is 0 Å². The Kier molecular flexibility index (Phi) is 6.03. The van der Waals surface area contributed by atoms with Gasteiger partial charge in [-0.2, -0.15) is 0 Å². The summed E-state index contributed by atoms with van der Waals surface area (Å²) in [6, 6.07) is 9.09. The third kappa shape index (κ3) is 3.58. The van der Waals surface area contributed by atoms with Crippen LogP contribution in [0.2, 0.25) is 0 Å². The highest BCUT2D eigenvalue weighted by atomic mass is 79.9. The van der Waals surface area contributed by atoms with E-state index in [-0.39, 0.29) is 0 Å². The second-order valence-corrected chi connectivity index (χ2v) is 4.76. The van der Waals surface area contributed by atoms with Crippen molar-refractivity contribution in [1.29, 1.82) is 0 Å². The maximum absolute atomic E-state index is 3.48. The Morgan fingerprint density at radius 3 is 2.19 bits per heavy atom. The van der Waals surface area contributed by atoms with Crippen LogP contribution < -0.4 is 5.32 Å². The molecule has 0 amide bonds. The van der Waals surface area contributed by atoms with E-state index in [1.165, 1.54) is 5.56 Å². The second kappa shape index (κ2) is 7.05. The third-order valence-corrected chi connectivity index (χ3v) is 3.43. The van der Waals surface area contributed by atoms with Crippen LogP contribution in [-0.4, -0.2) is 31.6 Å². The summed E-state index contributed by atoms with van der Waals surface area (Å²) in [6.07, 6.45) is 0. The zero-order chi connectivity index (χ0) is 12.0. The maximum Gasteiger partial charge on any atom is 0.0472 e. The van der Waals surface area contributed by atoms with Gasteiger partial charge < -0.3 is 5.32 Å². The van der Waals surface area contributed by atoms with Crippen molar-refractivity contribution in [1.82, 2.24) is 10.2 Å². The van der Waals surface area contributed by atoms with Gasteiger partial charge in [-0.3, -0.25) is 4.90 Å². The van der Waals surface area contributed by atoms with Gasteiger partial charge in [-0.25, -0.2) is 0 Å². The van der Waals surface area contributed by atoms with Crippen LogP contribution >= 0.6 is 15.9 Å². The van der Waals surface area contributed by atoms with Crippen molar-refractivity contribution in [3.8, 4) is 0 Å². The van der Waals surface area contributed by atoms with Crippen LogP contribution in [0.25, 0.3) is 0 Å². The topological polar surface area (TPSA) is 15.3 Å². The lowest BCUT2D eigenvalue weighted by atomic mass is 10.1. The Hall–Kier alpha value is -0.380. The van der Waals surface area contributed by atoms with E-state index < -0.39 is 0 Å². The van der Waals surface area contributed by atoms with Gasteiger partial charge in [-0.1, -0.05) is 41.9 Å². The number of hydrogen-bond donors (Lipinski definition) is 1. The largest absolute Gasteiger partial charge is 0.318 e. The zero-order valence-corrected chi connectivity index (χ0v) is 11.9. The van der Waals surface area contributed by atoms with Crippen molar-refractivity contribution in [2.24, 2.45) is 0 Å². The van der Waals surface area contributed by atoms with E-state index in [4.69, 9.17) is 0 Å². The Balaban J connectivity index is 2.87. The van der Waals surface area contributed by atoms with E-state index in [1.807, 2.05) is 7.05 Å². The number of nitrogens with zero attached hydrogens (tertiary/aromatic N) is 1. The molecule has 0 aromatic heterocycles. The van der Waals surface area contributed by atoms with Crippen molar-refractivity contribution >= 4 is 15.9 Å². The summed E-state index contributed by atoms with van der Waals surface area (Å²) < 4.78 is 1.14. The molecule has 0 aliphatic heterocycles. The van der Waals surface area contributed by atoms with Crippen LogP contribution in [0.4, 0.5) is 0 Å². The van der Waals surface area contributed by atoms with Crippen molar-refractivity contribution in [2.75, 3.05) is 26.7 Å². The Labute approximate surface area is 107 Å². The highest BCUT2D eigenvalue weighted by Crippen LogP contribution is 2.21. The van der Waals surface area contributed by atoms with Crippen LogP contribution in [0.5, 0.6) is 0 Å². The molecule has 0 spiro atoms. The number of halogens is 1. The van der Waals surface area contributed by atoms with Gasteiger partial charge in [-0.05, 0) is 37.8 Å². The molecule has 16 heavy (non-hydrogen) atoms. The Bertz CT molecular complexity index is 293. The quantitative estimate of drug-likeness (QED) is 0.864. The lowest BCUT2D eigenvalue weighted by Crippen LogP contribution is -2.34. The highest BCUT2D eigenvalue weighted by Gasteiger charge is 2.16. The molecule has 0 saturated heterocycles. The molecule has 90 valence electrons. The monoisotopic (exact) mass is 284 g/mol. The molecule has 0 fully saturated rings. The molecule has 1 rings (SSSR count). The molecule has 0 saturated carbocycles. The van der Waals surface area contributed by atoms with Gasteiger partial charge in [0.1, 0.15) is 0 Å². The first-order valence-corrected chi connectivity index (χ1v) is 6.66. The van der Waals surface area contributed by atoms with Crippen LogP contribution in [0.3, 0.4) is 0 Å². The van der Waals surface area contributed by atoms with Crippen molar-refractivity contribution < 1.29 is 0 Å². The normalized spacial score (nSPS) is 13.1. The van der Waals surface area contributed by atoms with Gasteiger partial charge in [0.2, 0.25) is 0 Å². The molecular formula is C13H21BrN2. The van der Waals surface area contributed by atoms with Gasteiger partial charge in [0.25, 0.3) is 0 Å². The third-order valence-electron chi connectivity index (χ3n) is 2.91. The minimum Gasteiger partial charge on any atom is -0.318 e. The summed E-state index contributed by atoms with van der Waals surface area (Å²) in [4.78, 5) is 2.47. The average molecular weight is 285 g/mol. The SMILES string of the molecule is CCN(CC)C(CNC)c1ccc(Br)cc1. The second-order valence-electron chi connectivity index (χ2n) is 3.85. The lowest BCUT2D eigenvalue weighted by molar-refractivity contribution is 0.216. The molecule has 1 unspecified atom stereocenters. The molecule has 0 aliphatic rings. The average Bonchev–Trinajstić information content (AvgIpc) is 2.31. The molecule has 1 aromatic carbocycles. The van der Waals surface area contributed by atoms with E-state index in [0.717, 1.165) is 24.1 Å². The molecule has 0 bridgehead atoms. The zero-order valence-electron chi connectivity index (χ0n) is 10.3. The molecule has 0 heterocycles. The Morgan fingerprint density at radius 2 is 1.75 bits per heavy atom. The summed E-state index contributed by atoms with van der Waals surface area (Å²) >= 11 is 3.48. The van der Waals surface area contributed by atoms with E-state index in [9.17, 15) is 0 Å². The van der Waals surface area contributed by atoms with Crippen LogP contribution in [0, 0.1) is 0 Å². The van der Waals surface area contributed by atoms with Crippen molar-refractivity contribution in [3.63, 3.8) is 0 Å². The standard InChI is InChI=1S/C13H21BrN2/c1-4-16(5-2)13(10-15-3)11-6-8-12(14)9-7-11/h6-9,13,15H,4-5,10H2,1-3H3. The molecule has 0 aliphatic carbocycles. The van der Waals surface area contributed by atoms with Gasteiger partial charge in [0.05, 0.1) is 0 Å². The summed E-state index contributed by atoms with van der Waals surface area (Å²) in [5.74, 6) is 0. The molecular weight excluding hydrogens is 264 g/mol. The predicted octanol–water partition coefficient (Wildman–Crippen LogP) is 3.05. The van der Waals surface area contributed by atoms with E-state index in [1.54, 1.807) is 0 Å². The fourth-order valence-electron chi connectivity index (χ4n) is 2.00. The summed E-state index contributed by atoms with van der Waals surface area (Å²) in [6.45, 7) is 7.58. The first-order valence-electron chi connectivity index (χ1n) is 5.87. The van der Waals surface area contributed by atoms with Crippen LogP contribution in [0.1, 0.15) is 25.5 Å².